The second kappa shape index (κ2) is 3.47. The monoisotopic (exact) mass is 225 g/mol. The first-order valence-corrected chi connectivity index (χ1v) is 4.45. The number of nitrogens with zero attached hydrogens (tertiary/aromatic N) is 1. The number of carboxylic acids is 1. The minimum absolute atomic E-state index is 0.0370. The zero-order chi connectivity index (χ0) is 11.0. The Kier molecular flexibility index (Phi) is 2.28. The number of hydrogen-bond donors (Lipinski definition) is 1. The summed E-state index contributed by atoms with van der Waals surface area (Å²) >= 11 is 5.58. The third-order valence-corrected chi connectivity index (χ3v) is 2.33. The lowest BCUT2D eigenvalue weighted by atomic mass is 10.1. The van der Waals surface area contributed by atoms with Crippen molar-refractivity contribution in [2.75, 3.05) is 0 Å². The third-order valence-electron chi connectivity index (χ3n) is 2.04. The van der Waals surface area contributed by atoms with Crippen molar-refractivity contribution in [3.05, 3.63) is 40.9 Å². The molecule has 76 valence electrons. The Balaban J connectivity index is 2.89. The molecule has 5 heteroatoms. The fourth-order valence-corrected chi connectivity index (χ4v) is 1.53. The molecule has 0 fully saturated rings. The molecule has 0 aliphatic carbocycles. The van der Waals surface area contributed by atoms with Crippen molar-refractivity contribution >= 4 is 28.3 Å². The number of aromatic nitrogens is 1. The zero-order valence-electron chi connectivity index (χ0n) is 7.37. The molecule has 1 aromatic heterocycles. The van der Waals surface area contributed by atoms with E-state index in [1.165, 1.54) is 24.4 Å². The number of rotatable bonds is 1. The summed E-state index contributed by atoms with van der Waals surface area (Å²) in [5, 5.41) is 9.19. The number of carboxylic acid groups (broad SMARTS) is 1. The van der Waals surface area contributed by atoms with Crippen molar-refractivity contribution in [1.82, 2.24) is 4.98 Å². The molecular weight excluding hydrogens is 221 g/mol. The van der Waals surface area contributed by atoms with Crippen LogP contribution in [0.25, 0.3) is 10.8 Å². The molecule has 0 bridgehead atoms. The van der Waals surface area contributed by atoms with Gasteiger partial charge >= 0.3 is 5.97 Å². The Labute approximate surface area is 89.1 Å². The van der Waals surface area contributed by atoms with E-state index in [0.717, 1.165) is 0 Å². The first kappa shape index (κ1) is 9.86. The molecule has 0 atom stereocenters. The second-order valence-electron chi connectivity index (χ2n) is 2.92. The summed E-state index contributed by atoms with van der Waals surface area (Å²) in [6, 6.07) is 4.15. The second-order valence-corrected chi connectivity index (χ2v) is 3.33. The summed E-state index contributed by atoms with van der Waals surface area (Å²) in [6.45, 7) is 0. The predicted molar refractivity (Wildman–Crippen MR) is 53.7 cm³/mol. The minimum Gasteiger partial charge on any atom is -0.476 e. The van der Waals surface area contributed by atoms with Gasteiger partial charge in [0, 0.05) is 17.0 Å². The van der Waals surface area contributed by atoms with Gasteiger partial charge < -0.3 is 5.11 Å². The average Bonchev–Trinajstić information content (AvgIpc) is 2.23. The lowest BCUT2D eigenvalue weighted by molar-refractivity contribution is 0.0693. The van der Waals surface area contributed by atoms with E-state index in [4.69, 9.17) is 16.7 Å². The highest BCUT2D eigenvalue weighted by Gasteiger charge is 2.13. The topological polar surface area (TPSA) is 50.2 Å². The fraction of sp³-hybridized carbons (Fsp3) is 0. The maximum atomic E-state index is 13.5. The van der Waals surface area contributed by atoms with E-state index in [1.54, 1.807) is 0 Å². The van der Waals surface area contributed by atoms with Crippen molar-refractivity contribution in [1.29, 1.82) is 0 Å². The Bertz CT molecular complexity index is 556. The van der Waals surface area contributed by atoms with E-state index < -0.39 is 11.8 Å². The lowest BCUT2D eigenvalue weighted by Gasteiger charge is -2.03. The molecule has 0 amide bonds. The SMILES string of the molecule is O=C(O)c1nccc2c(F)c(Cl)ccc12. The summed E-state index contributed by atoms with van der Waals surface area (Å²) in [5.41, 5.74) is -0.178. The lowest BCUT2D eigenvalue weighted by Crippen LogP contribution is -2.01. The summed E-state index contributed by atoms with van der Waals surface area (Å²) in [7, 11) is 0. The van der Waals surface area contributed by atoms with E-state index in [2.05, 4.69) is 4.98 Å². The number of aromatic carboxylic acids is 1. The Morgan fingerprint density at radius 2 is 2.07 bits per heavy atom. The molecule has 2 rings (SSSR count). The van der Waals surface area contributed by atoms with E-state index in [9.17, 15) is 9.18 Å². The molecule has 1 aromatic carbocycles. The molecule has 3 nitrogen and oxygen atoms in total. The van der Waals surface area contributed by atoms with Crippen LogP contribution in [0, 0.1) is 5.82 Å². The number of halogens is 2. The standard InChI is InChI=1S/C10H5ClFNO2/c11-7-2-1-6-5(8(7)12)3-4-13-9(6)10(14)15/h1-4H,(H,14,15). The smallest absolute Gasteiger partial charge is 0.355 e. The molecular formula is C10H5ClFNO2. The largest absolute Gasteiger partial charge is 0.476 e. The Morgan fingerprint density at radius 3 is 2.73 bits per heavy atom. The van der Waals surface area contributed by atoms with Crippen molar-refractivity contribution < 1.29 is 14.3 Å². The average molecular weight is 226 g/mol. The van der Waals surface area contributed by atoms with Crippen molar-refractivity contribution in [2.24, 2.45) is 0 Å². The van der Waals surface area contributed by atoms with Crippen molar-refractivity contribution in [2.45, 2.75) is 0 Å². The van der Waals surface area contributed by atoms with Crippen LogP contribution >= 0.6 is 11.6 Å². The van der Waals surface area contributed by atoms with Crippen LogP contribution < -0.4 is 0 Å². The van der Waals surface area contributed by atoms with Gasteiger partial charge in [0.05, 0.1) is 5.02 Å². The summed E-state index contributed by atoms with van der Waals surface area (Å²) in [4.78, 5) is 14.5. The molecule has 0 spiro atoms. The molecule has 0 radical (unpaired) electrons. The quantitative estimate of drug-likeness (QED) is 0.812. The predicted octanol–water partition coefficient (Wildman–Crippen LogP) is 2.73. The van der Waals surface area contributed by atoms with Gasteiger partial charge in [-0.15, -0.1) is 0 Å². The molecule has 1 N–H and O–H groups in total. The number of hydrogen-bond acceptors (Lipinski definition) is 2. The highest BCUT2D eigenvalue weighted by atomic mass is 35.5. The van der Waals surface area contributed by atoms with E-state index in [1.807, 2.05) is 0 Å². The molecule has 2 aromatic rings. The number of carbonyl (C=O) groups is 1. The van der Waals surface area contributed by atoms with Crippen LogP contribution in [0.2, 0.25) is 5.02 Å². The van der Waals surface area contributed by atoms with Gasteiger partial charge in [0.2, 0.25) is 0 Å². The highest BCUT2D eigenvalue weighted by molar-refractivity contribution is 6.31. The first-order valence-electron chi connectivity index (χ1n) is 4.07. The molecule has 0 unspecified atom stereocenters. The maximum Gasteiger partial charge on any atom is 0.355 e. The molecule has 0 aliphatic heterocycles. The van der Waals surface area contributed by atoms with E-state index >= 15 is 0 Å². The van der Waals surface area contributed by atoms with Gasteiger partial charge in [-0.1, -0.05) is 17.7 Å². The summed E-state index contributed by atoms with van der Waals surface area (Å²) in [6.07, 6.45) is 1.24. The molecule has 0 saturated carbocycles. The van der Waals surface area contributed by atoms with E-state index in [-0.39, 0.29) is 21.5 Å². The normalized spacial score (nSPS) is 10.5. The van der Waals surface area contributed by atoms with Gasteiger partial charge in [-0.25, -0.2) is 14.2 Å². The molecule has 0 saturated heterocycles. The van der Waals surface area contributed by atoms with Crippen LogP contribution in [0.15, 0.2) is 24.4 Å². The number of benzene rings is 1. The number of pyridine rings is 1. The van der Waals surface area contributed by atoms with Crippen molar-refractivity contribution in [3.63, 3.8) is 0 Å². The minimum atomic E-state index is -1.19. The molecule has 0 aliphatic rings. The van der Waals surface area contributed by atoms with Gasteiger partial charge in [-0.3, -0.25) is 0 Å². The van der Waals surface area contributed by atoms with Gasteiger partial charge in [-0.05, 0) is 12.1 Å². The van der Waals surface area contributed by atoms with Crippen LogP contribution in [0.3, 0.4) is 0 Å². The van der Waals surface area contributed by atoms with Crippen LogP contribution in [0.1, 0.15) is 10.5 Å². The van der Waals surface area contributed by atoms with Crippen LogP contribution in [-0.4, -0.2) is 16.1 Å². The summed E-state index contributed by atoms with van der Waals surface area (Å²) in [5.74, 6) is -1.82. The van der Waals surface area contributed by atoms with Crippen LogP contribution in [0.5, 0.6) is 0 Å². The first-order chi connectivity index (χ1) is 7.11. The molecule has 15 heavy (non-hydrogen) atoms. The van der Waals surface area contributed by atoms with Crippen LogP contribution in [0.4, 0.5) is 4.39 Å². The maximum absolute atomic E-state index is 13.5. The number of fused-ring (bicyclic) bond motifs is 1. The highest BCUT2D eigenvalue weighted by Crippen LogP contribution is 2.25. The Hall–Kier alpha value is -1.68. The van der Waals surface area contributed by atoms with Gasteiger partial charge in [0.25, 0.3) is 0 Å². The van der Waals surface area contributed by atoms with Crippen LogP contribution in [-0.2, 0) is 0 Å². The van der Waals surface area contributed by atoms with Crippen molar-refractivity contribution in [3.8, 4) is 0 Å². The Morgan fingerprint density at radius 1 is 1.33 bits per heavy atom. The van der Waals surface area contributed by atoms with E-state index in [0.29, 0.717) is 0 Å². The zero-order valence-corrected chi connectivity index (χ0v) is 8.12. The summed E-state index contributed by atoms with van der Waals surface area (Å²) < 4.78 is 13.5. The molecule has 1 heterocycles. The fourth-order valence-electron chi connectivity index (χ4n) is 1.36. The van der Waals surface area contributed by atoms with Gasteiger partial charge in [0.15, 0.2) is 5.69 Å². The van der Waals surface area contributed by atoms with Gasteiger partial charge in [0.1, 0.15) is 5.82 Å². The van der Waals surface area contributed by atoms with Gasteiger partial charge in [-0.2, -0.15) is 0 Å². The third kappa shape index (κ3) is 1.53.